The SMILES string of the molecule is Cc1ccccc1C(=O)C1=CNC2(C)NC=CC(c3cccnc3)=C12. The Morgan fingerprint density at radius 2 is 1.96 bits per heavy atom. The largest absolute Gasteiger partial charge is 0.365 e. The third kappa shape index (κ3) is 2.47. The second-order valence-electron chi connectivity index (χ2n) is 6.48. The molecule has 0 saturated heterocycles. The van der Waals surface area contributed by atoms with Gasteiger partial charge in [0.15, 0.2) is 5.78 Å². The molecule has 4 nitrogen and oxygen atoms in total. The van der Waals surface area contributed by atoms with Crippen molar-refractivity contribution in [3.8, 4) is 0 Å². The van der Waals surface area contributed by atoms with Crippen LogP contribution in [0.5, 0.6) is 0 Å². The van der Waals surface area contributed by atoms with Crippen LogP contribution in [-0.4, -0.2) is 16.4 Å². The first-order valence-corrected chi connectivity index (χ1v) is 8.28. The second kappa shape index (κ2) is 5.74. The Balaban J connectivity index is 1.87. The molecular weight excluding hydrogens is 310 g/mol. The van der Waals surface area contributed by atoms with Crippen LogP contribution in [0.15, 0.2) is 78.4 Å². The highest BCUT2D eigenvalue weighted by atomic mass is 16.1. The zero-order valence-electron chi connectivity index (χ0n) is 14.2. The highest BCUT2D eigenvalue weighted by Gasteiger charge is 2.40. The van der Waals surface area contributed by atoms with Crippen molar-refractivity contribution in [2.45, 2.75) is 19.5 Å². The topological polar surface area (TPSA) is 54.0 Å². The maximum atomic E-state index is 13.2. The van der Waals surface area contributed by atoms with E-state index in [1.807, 2.05) is 74.9 Å². The van der Waals surface area contributed by atoms with Crippen LogP contribution in [0.3, 0.4) is 0 Å². The summed E-state index contributed by atoms with van der Waals surface area (Å²) in [5.74, 6) is 0.0304. The molecule has 1 atom stereocenters. The van der Waals surface area contributed by atoms with Crippen LogP contribution in [0, 0.1) is 6.92 Å². The molecule has 124 valence electrons. The maximum Gasteiger partial charge on any atom is 0.195 e. The molecule has 2 aromatic rings. The van der Waals surface area contributed by atoms with Crippen molar-refractivity contribution in [2.24, 2.45) is 0 Å². The number of aromatic nitrogens is 1. The zero-order chi connectivity index (χ0) is 17.4. The van der Waals surface area contributed by atoms with E-state index in [0.717, 1.165) is 27.8 Å². The van der Waals surface area contributed by atoms with Crippen molar-refractivity contribution in [1.82, 2.24) is 15.6 Å². The number of nitrogens with zero attached hydrogens (tertiary/aromatic N) is 1. The summed E-state index contributed by atoms with van der Waals surface area (Å²) in [6, 6.07) is 11.6. The van der Waals surface area contributed by atoms with Crippen molar-refractivity contribution in [2.75, 3.05) is 0 Å². The normalized spacial score (nSPS) is 21.3. The number of fused-ring (bicyclic) bond motifs is 1. The number of rotatable bonds is 3. The molecule has 1 aromatic heterocycles. The van der Waals surface area contributed by atoms with Crippen LogP contribution >= 0.6 is 0 Å². The Labute approximate surface area is 147 Å². The summed E-state index contributed by atoms with van der Waals surface area (Å²) < 4.78 is 0. The lowest BCUT2D eigenvalue weighted by atomic mass is 9.84. The lowest BCUT2D eigenvalue weighted by Gasteiger charge is -2.33. The number of benzene rings is 1. The minimum Gasteiger partial charge on any atom is -0.365 e. The number of allylic oxidation sites excluding steroid dienone is 2. The number of ketones is 1. The van der Waals surface area contributed by atoms with Crippen molar-refractivity contribution in [1.29, 1.82) is 0 Å². The van der Waals surface area contributed by atoms with Crippen LogP contribution in [0.4, 0.5) is 0 Å². The molecule has 2 aliphatic heterocycles. The van der Waals surface area contributed by atoms with E-state index in [2.05, 4.69) is 15.6 Å². The molecule has 4 rings (SSSR count). The number of hydrogen-bond acceptors (Lipinski definition) is 4. The van der Waals surface area contributed by atoms with Gasteiger partial charge in [0.25, 0.3) is 0 Å². The van der Waals surface area contributed by atoms with Crippen LogP contribution in [0.25, 0.3) is 5.57 Å². The van der Waals surface area contributed by atoms with E-state index >= 15 is 0 Å². The average Bonchev–Trinajstić information content (AvgIpc) is 2.99. The maximum absolute atomic E-state index is 13.2. The molecule has 0 saturated carbocycles. The van der Waals surface area contributed by atoms with Gasteiger partial charge in [-0.15, -0.1) is 0 Å². The molecule has 2 N–H and O–H groups in total. The summed E-state index contributed by atoms with van der Waals surface area (Å²) in [6.07, 6.45) is 9.31. The molecule has 2 aliphatic rings. The van der Waals surface area contributed by atoms with E-state index in [1.165, 1.54) is 0 Å². The smallest absolute Gasteiger partial charge is 0.195 e. The number of Topliss-reactive ketones (excluding diaryl/α,β-unsaturated/α-hetero) is 1. The number of pyridine rings is 1. The first-order valence-electron chi connectivity index (χ1n) is 8.28. The fourth-order valence-corrected chi connectivity index (χ4v) is 3.45. The molecule has 3 heterocycles. The van der Waals surface area contributed by atoms with Gasteiger partial charge in [-0.25, -0.2) is 0 Å². The summed E-state index contributed by atoms with van der Waals surface area (Å²) in [6.45, 7) is 4.00. The zero-order valence-corrected chi connectivity index (χ0v) is 14.2. The van der Waals surface area contributed by atoms with Gasteiger partial charge in [0.2, 0.25) is 0 Å². The summed E-state index contributed by atoms with van der Waals surface area (Å²) in [7, 11) is 0. The lowest BCUT2D eigenvalue weighted by molar-refractivity contribution is 0.103. The quantitative estimate of drug-likeness (QED) is 0.848. The van der Waals surface area contributed by atoms with E-state index in [1.54, 1.807) is 6.20 Å². The average molecular weight is 329 g/mol. The predicted molar refractivity (Wildman–Crippen MR) is 98.6 cm³/mol. The number of dihydropyridines is 1. The first kappa shape index (κ1) is 15.4. The number of carbonyl (C=O) groups excluding carboxylic acids is 1. The minimum atomic E-state index is -0.506. The fourth-order valence-electron chi connectivity index (χ4n) is 3.45. The molecule has 4 heteroatoms. The molecular formula is C21H19N3O. The predicted octanol–water partition coefficient (Wildman–Crippen LogP) is 3.35. The highest BCUT2D eigenvalue weighted by molar-refractivity contribution is 6.15. The molecule has 0 spiro atoms. The standard InChI is InChI=1S/C21H19N3O/c1-14-6-3-4-8-16(14)20(25)18-13-24-21(2)19(18)17(9-11-23-21)15-7-5-10-22-12-15/h3-13,23-24H,1-2H3. The van der Waals surface area contributed by atoms with E-state index in [0.29, 0.717) is 5.57 Å². The highest BCUT2D eigenvalue weighted by Crippen LogP contribution is 2.39. The van der Waals surface area contributed by atoms with Gasteiger partial charge >= 0.3 is 0 Å². The molecule has 0 aliphatic carbocycles. The van der Waals surface area contributed by atoms with Gasteiger partial charge in [-0.05, 0) is 43.3 Å². The van der Waals surface area contributed by atoms with E-state index < -0.39 is 5.66 Å². The molecule has 25 heavy (non-hydrogen) atoms. The van der Waals surface area contributed by atoms with E-state index in [4.69, 9.17) is 0 Å². The minimum absolute atomic E-state index is 0.0304. The van der Waals surface area contributed by atoms with Crippen LogP contribution in [-0.2, 0) is 0 Å². The summed E-state index contributed by atoms with van der Waals surface area (Å²) in [5.41, 5.74) is 4.84. The lowest BCUT2D eigenvalue weighted by Crippen LogP contribution is -2.50. The van der Waals surface area contributed by atoms with Crippen molar-refractivity contribution in [3.63, 3.8) is 0 Å². The molecule has 1 unspecified atom stereocenters. The van der Waals surface area contributed by atoms with E-state index in [-0.39, 0.29) is 5.78 Å². The molecule has 0 amide bonds. The van der Waals surface area contributed by atoms with Crippen molar-refractivity contribution < 1.29 is 4.79 Å². The summed E-state index contributed by atoms with van der Waals surface area (Å²) in [4.78, 5) is 17.5. The number of aryl methyl sites for hydroxylation is 1. The number of carbonyl (C=O) groups is 1. The summed E-state index contributed by atoms with van der Waals surface area (Å²) in [5, 5.41) is 6.67. The van der Waals surface area contributed by atoms with Crippen LogP contribution in [0.1, 0.15) is 28.4 Å². The Morgan fingerprint density at radius 1 is 1.12 bits per heavy atom. The molecule has 0 radical (unpaired) electrons. The number of hydrogen-bond donors (Lipinski definition) is 2. The van der Waals surface area contributed by atoms with Gasteiger partial charge < -0.3 is 10.6 Å². The molecule has 1 aromatic carbocycles. The Bertz CT molecular complexity index is 941. The summed E-state index contributed by atoms with van der Waals surface area (Å²) >= 11 is 0. The van der Waals surface area contributed by atoms with Gasteiger partial charge in [0.05, 0.1) is 0 Å². The second-order valence-corrected chi connectivity index (χ2v) is 6.48. The fraction of sp³-hybridized carbons (Fsp3) is 0.143. The Morgan fingerprint density at radius 3 is 2.72 bits per heavy atom. The van der Waals surface area contributed by atoms with E-state index in [9.17, 15) is 4.79 Å². The Hall–Kier alpha value is -3.14. The van der Waals surface area contributed by atoms with Gasteiger partial charge in [0.1, 0.15) is 5.66 Å². The first-order chi connectivity index (χ1) is 12.1. The van der Waals surface area contributed by atoms with Gasteiger partial charge in [-0.3, -0.25) is 9.78 Å². The van der Waals surface area contributed by atoms with Crippen molar-refractivity contribution >= 4 is 11.4 Å². The van der Waals surface area contributed by atoms with Gasteiger partial charge in [0, 0.05) is 40.9 Å². The monoisotopic (exact) mass is 329 g/mol. The molecule has 0 fully saturated rings. The van der Waals surface area contributed by atoms with Gasteiger partial charge in [-0.1, -0.05) is 30.3 Å². The van der Waals surface area contributed by atoms with Crippen molar-refractivity contribution in [3.05, 3.63) is 95.1 Å². The molecule has 0 bridgehead atoms. The number of nitrogens with one attached hydrogen (secondary N) is 2. The third-order valence-corrected chi connectivity index (χ3v) is 4.77. The van der Waals surface area contributed by atoms with Crippen LogP contribution < -0.4 is 10.6 Å². The van der Waals surface area contributed by atoms with Gasteiger partial charge in [-0.2, -0.15) is 0 Å². The Kier molecular flexibility index (Phi) is 3.53. The van der Waals surface area contributed by atoms with Crippen LogP contribution in [0.2, 0.25) is 0 Å². The third-order valence-electron chi connectivity index (χ3n) is 4.77.